The lowest BCUT2D eigenvalue weighted by Crippen LogP contribution is -2.62. The molecule has 138 valence electrons. The average Bonchev–Trinajstić information content (AvgIpc) is 3.18. The van der Waals surface area contributed by atoms with Gasteiger partial charge in [-0.05, 0) is 32.9 Å². The highest BCUT2D eigenvalue weighted by atomic mass is 16.3. The number of hydrogen-bond donors (Lipinski definition) is 2. The van der Waals surface area contributed by atoms with Crippen molar-refractivity contribution < 1.29 is 9.90 Å². The van der Waals surface area contributed by atoms with Crippen molar-refractivity contribution in [1.29, 1.82) is 0 Å². The van der Waals surface area contributed by atoms with Crippen molar-refractivity contribution in [2.75, 3.05) is 33.3 Å². The van der Waals surface area contributed by atoms with E-state index in [-0.39, 0.29) is 24.0 Å². The number of likely N-dealkylation sites (N-methyl/N-ethyl adjacent to an activating group) is 1. The molecule has 2 saturated heterocycles. The number of aliphatic hydroxyl groups excluding tert-OH is 1. The summed E-state index contributed by atoms with van der Waals surface area (Å²) in [6, 6.07) is 10.0. The Labute approximate surface area is 153 Å². The largest absolute Gasteiger partial charge is 0.396 e. The van der Waals surface area contributed by atoms with Crippen molar-refractivity contribution in [1.82, 2.24) is 20.0 Å². The summed E-state index contributed by atoms with van der Waals surface area (Å²) in [7, 11) is 2.11. The summed E-state index contributed by atoms with van der Waals surface area (Å²) >= 11 is 0. The van der Waals surface area contributed by atoms with Gasteiger partial charge in [0.1, 0.15) is 0 Å². The van der Waals surface area contributed by atoms with Gasteiger partial charge < -0.3 is 14.9 Å². The Morgan fingerprint density at radius 2 is 2.12 bits per heavy atom. The van der Waals surface area contributed by atoms with Crippen LogP contribution >= 0.6 is 0 Å². The van der Waals surface area contributed by atoms with Crippen LogP contribution in [0, 0.1) is 5.41 Å². The van der Waals surface area contributed by atoms with Gasteiger partial charge in [0.15, 0.2) is 0 Å². The van der Waals surface area contributed by atoms with Crippen LogP contribution in [0.15, 0.2) is 36.5 Å². The van der Waals surface area contributed by atoms with Crippen LogP contribution in [0.25, 0.3) is 11.3 Å². The molecule has 1 aromatic carbocycles. The number of carbonyl (C=O) groups is 1. The standard InChI is InChI=1S/C20H26N4O2/c1-23-10-5-8-20(14-25)9-11-24(13-17(20)23)19(26)16-12-21-22-18(16)15-6-3-2-4-7-15/h2-4,6-7,12,17,25H,5,8-11,13-14H2,1H3,(H,21,22)/t17-,20-/m1/s1. The van der Waals surface area contributed by atoms with E-state index in [0.29, 0.717) is 18.7 Å². The molecule has 26 heavy (non-hydrogen) atoms. The molecule has 4 rings (SSSR count). The van der Waals surface area contributed by atoms with E-state index in [1.165, 1.54) is 0 Å². The molecule has 2 aromatic rings. The normalized spacial score (nSPS) is 26.5. The zero-order chi connectivity index (χ0) is 18.1. The average molecular weight is 354 g/mol. The quantitative estimate of drug-likeness (QED) is 0.884. The topological polar surface area (TPSA) is 72.5 Å². The maximum atomic E-state index is 13.2. The number of nitrogens with one attached hydrogen (secondary N) is 1. The lowest BCUT2D eigenvalue weighted by molar-refractivity contribution is -0.0601. The number of benzene rings is 1. The number of fused-ring (bicyclic) bond motifs is 1. The zero-order valence-corrected chi connectivity index (χ0v) is 15.2. The number of rotatable bonds is 3. The monoisotopic (exact) mass is 354 g/mol. The fourth-order valence-electron chi connectivity index (χ4n) is 4.64. The predicted molar refractivity (Wildman–Crippen MR) is 99.7 cm³/mol. The van der Waals surface area contributed by atoms with Crippen LogP contribution in [0.1, 0.15) is 29.6 Å². The summed E-state index contributed by atoms with van der Waals surface area (Å²) < 4.78 is 0. The minimum absolute atomic E-state index is 0.0168. The van der Waals surface area contributed by atoms with Crippen LogP contribution in [0.2, 0.25) is 0 Å². The van der Waals surface area contributed by atoms with Gasteiger partial charge >= 0.3 is 0 Å². The molecule has 6 nitrogen and oxygen atoms in total. The Hall–Kier alpha value is -2.18. The molecule has 1 amide bonds. The van der Waals surface area contributed by atoms with Gasteiger partial charge in [0.05, 0.1) is 24.1 Å². The summed E-state index contributed by atoms with van der Waals surface area (Å²) in [5, 5.41) is 17.1. The van der Waals surface area contributed by atoms with Gasteiger partial charge in [-0.3, -0.25) is 9.89 Å². The van der Waals surface area contributed by atoms with Gasteiger partial charge in [0.2, 0.25) is 0 Å². The first-order chi connectivity index (χ1) is 12.6. The maximum Gasteiger partial charge on any atom is 0.257 e. The second-order valence-corrected chi connectivity index (χ2v) is 7.65. The molecule has 0 aliphatic carbocycles. The maximum absolute atomic E-state index is 13.2. The molecule has 2 aliphatic heterocycles. The summed E-state index contributed by atoms with van der Waals surface area (Å²) in [5.74, 6) is 0.0168. The Morgan fingerprint density at radius 1 is 1.31 bits per heavy atom. The first-order valence-electron chi connectivity index (χ1n) is 9.34. The van der Waals surface area contributed by atoms with Crippen molar-refractivity contribution in [2.24, 2.45) is 5.41 Å². The van der Waals surface area contributed by atoms with Gasteiger partial charge in [-0.25, -0.2) is 0 Å². The van der Waals surface area contributed by atoms with Crippen molar-refractivity contribution in [3.8, 4) is 11.3 Å². The first kappa shape index (κ1) is 17.2. The second-order valence-electron chi connectivity index (χ2n) is 7.65. The molecule has 2 fully saturated rings. The molecule has 6 heteroatoms. The molecule has 0 bridgehead atoms. The molecule has 0 saturated carbocycles. The van der Waals surface area contributed by atoms with Crippen LogP contribution in [0.3, 0.4) is 0 Å². The van der Waals surface area contributed by atoms with Gasteiger partial charge in [-0.1, -0.05) is 30.3 Å². The Morgan fingerprint density at radius 3 is 2.88 bits per heavy atom. The number of nitrogens with zero attached hydrogens (tertiary/aromatic N) is 3. The minimum Gasteiger partial charge on any atom is -0.396 e. The van der Waals surface area contributed by atoms with E-state index in [1.807, 2.05) is 35.2 Å². The van der Waals surface area contributed by atoms with Gasteiger partial charge in [-0.2, -0.15) is 5.10 Å². The van der Waals surface area contributed by atoms with E-state index in [2.05, 4.69) is 22.1 Å². The fourth-order valence-corrected chi connectivity index (χ4v) is 4.64. The second kappa shape index (κ2) is 6.85. The van der Waals surface area contributed by atoms with Crippen molar-refractivity contribution in [3.63, 3.8) is 0 Å². The highest BCUT2D eigenvalue weighted by Crippen LogP contribution is 2.41. The number of piperidine rings is 2. The molecule has 0 spiro atoms. The molecule has 0 unspecified atom stereocenters. The Balaban J connectivity index is 1.58. The number of H-pyrrole nitrogens is 1. The first-order valence-corrected chi connectivity index (χ1v) is 9.34. The summed E-state index contributed by atoms with van der Waals surface area (Å²) in [4.78, 5) is 17.5. The predicted octanol–water partition coefficient (Wildman–Crippen LogP) is 2.00. The molecular formula is C20H26N4O2. The molecule has 2 N–H and O–H groups in total. The van der Waals surface area contributed by atoms with Gasteiger partial charge in [-0.15, -0.1) is 0 Å². The van der Waals surface area contributed by atoms with Crippen LogP contribution in [0.5, 0.6) is 0 Å². The van der Waals surface area contributed by atoms with Crippen LogP contribution in [-0.2, 0) is 0 Å². The molecule has 2 aliphatic rings. The van der Waals surface area contributed by atoms with E-state index in [4.69, 9.17) is 0 Å². The highest BCUT2D eigenvalue weighted by Gasteiger charge is 2.47. The summed E-state index contributed by atoms with van der Waals surface area (Å²) in [6.07, 6.45) is 4.63. The van der Waals surface area contributed by atoms with Crippen LogP contribution in [-0.4, -0.2) is 70.3 Å². The van der Waals surface area contributed by atoms with Crippen molar-refractivity contribution in [2.45, 2.75) is 25.3 Å². The number of aromatic nitrogens is 2. The van der Waals surface area contributed by atoms with E-state index in [1.54, 1.807) is 6.20 Å². The number of carbonyl (C=O) groups excluding carboxylic acids is 1. The molecule has 3 heterocycles. The number of aliphatic hydroxyl groups is 1. The van der Waals surface area contributed by atoms with E-state index >= 15 is 0 Å². The summed E-state index contributed by atoms with van der Waals surface area (Å²) in [6.45, 7) is 2.57. The third kappa shape index (κ3) is 2.83. The lowest BCUT2D eigenvalue weighted by atomic mass is 9.69. The minimum atomic E-state index is -0.0670. The third-order valence-corrected chi connectivity index (χ3v) is 6.23. The van der Waals surface area contributed by atoms with Gasteiger partial charge in [0.25, 0.3) is 5.91 Å². The smallest absolute Gasteiger partial charge is 0.257 e. The number of likely N-dealkylation sites (tertiary alicyclic amines) is 2. The molecular weight excluding hydrogens is 328 g/mol. The van der Waals surface area contributed by atoms with Crippen LogP contribution in [0.4, 0.5) is 0 Å². The number of hydrogen-bond acceptors (Lipinski definition) is 4. The van der Waals surface area contributed by atoms with Crippen LogP contribution < -0.4 is 0 Å². The molecule has 0 radical (unpaired) electrons. The van der Waals surface area contributed by atoms with E-state index < -0.39 is 0 Å². The van der Waals surface area contributed by atoms with E-state index in [0.717, 1.165) is 37.1 Å². The zero-order valence-electron chi connectivity index (χ0n) is 15.2. The molecule has 2 atom stereocenters. The SMILES string of the molecule is CN1CCC[C@]2(CO)CCN(C(=O)c3cn[nH]c3-c3ccccc3)C[C@@H]12. The third-order valence-electron chi connectivity index (χ3n) is 6.23. The van der Waals surface area contributed by atoms with Crippen molar-refractivity contribution >= 4 is 5.91 Å². The number of amides is 1. The lowest BCUT2D eigenvalue weighted by Gasteiger charge is -2.53. The Bertz CT molecular complexity index is 775. The Kier molecular flexibility index (Phi) is 4.54. The molecule has 1 aromatic heterocycles. The van der Waals surface area contributed by atoms with Crippen molar-refractivity contribution in [3.05, 3.63) is 42.1 Å². The van der Waals surface area contributed by atoms with Gasteiger partial charge in [0, 0.05) is 30.1 Å². The van der Waals surface area contributed by atoms with E-state index in [9.17, 15) is 9.90 Å². The summed E-state index contributed by atoms with van der Waals surface area (Å²) in [5.41, 5.74) is 2.28. The number of aromatic amines is 1. The fraction of sp³-hybridized carbons (Fsp3) is 0.500. The highest BCUT2D eigenvalue weighted by molar-refractivity contribution is 5.99.